The summed E-state index contributed by atoms with van der Waals surface area (Å²) >= 11 is 0. The van der Waals surface area contributed by atoms with Crippen molar-refractivity contribution in [3.8, 4) is 28.2 Å². The molecule has 0 radical (unpaired) electrons. The number of hydrogen-bond acceptors (Lipinski definition) is 6. The molecule has 0 bridgehead atoms. The van der Waals surface area contributed by atoms with Crippen LogP contribution in [0.1, 0.15) is 5.82 Å². The van der Waals surface area contributed by atoms with E-state index in [1.165, 1.54) is 36.4 Å². The van der Waals surface area contributed by atoms with Crippen LogP contribution in [0.25, 0.3) is 28.2 Å². The van der Waals surface area contributed by atoms with Crippen molar-refractivity contribution in [1.29, 1.82) is 0 Å². The number of benzene rings is 2. The summed E-state index contributed by atoms with van der Waals surface area (Å²) in [4.78, 5) is 10.8. The third kappa shape index (κ3) is 4.20. The van der Waals surface area contributed by atoms with Gasteiger partial charge in [-0.3, -0.25) is 0 Å². The highest BCUT2D eigenvalue weighted by Gasteiger charge is 2.37. The maximum atomic E-state index is 13.6. The van der Waals surface area contributed by atoms with E-state index in [4.69, 9.17) is 5.14 Å². The predicted octanol–water partition coefficient (Wildman–Crippen LogP) is 3.20. The second kappa shape index (κ2) is 7.76. The molecule has 32 heavy (non-hydrogen) atoms. The fraction of sp³-hybridized carbons (Fsp3) is 0.0526. The van der Waals surface area contributed by atoms with Crippen LogP contribution in [0.2, 0.25) is 0 Å². The maximum absolute atomic E-state index is 13.6. The third-order valence-corrected chi connectivity index (χ3v) is 5.26. The van der Waals surface area contributed by atoms with Gasteiger partial charge in [-0.25, -0.2) is 37.6 Å². The van der Waals surface area contributed by atoms with Crippen molar-refractivity contribution in [2.24, 2.45) is 5.14 Å². The highest BCUT2D eigenvalue weighted by Crippen LogP contribution is 2.38. The molecule has 4 aromatic rings. The zero-order chi connectivity index (χ0) is 23.1. The van der Waals surface area contributed by atoms with Crippen molar-refractivity contribution in [1.82, 2.24) is 24.7 Å². The number of halogens is 4. The zero-order valence-corrected chi connectivity index (χ0v) is 16.6. The van der Waals surface area contributed by atoms with Gasteiger partial charge in [0.1, 0.15) is 18.5 Å². The normalized spacial score (nSPS) is 12.2. The molecule has 13 heteroatoms. The van der Waals surface area contributed by atoms with E-state index in [-0.39, 0.29) is 33.1 Å². The van der Waals surface area contributed by atoms with E-state index in [2.05, 4.69) is 20.1 Å². The molecular weight excluding hydrogens is 452 g/mol. The molecule has 8 nitrogen and oxygen atoms in total. The topological polar surface area (TPSA) is 117 Å². The second-order valence-electron chi connectivity index (χ2n) is 6.51. The van der Waals surface area contributed by atoms with Crippen molar-refractivity contribution in [3.05, 3.63) is 72.8 Å². The van der Waals surface area contributed by atoms with Crippen LogP contribution in [0.4, 0.5) is 17.6 Å². The van der Waals surface area contributed by atoms with E-state index in [0.29, 0.717) is 0 Å². The lowest BCUT2D eigenvalue weighted by atomic mass is 9.99. The predicted molar refractivity (Wildman–Crippen MR) is 104 cm³/mol. The molecule has 0 aliphatic carbocycles. The van der Waals surface area contributed by atoms with E-state index in [0.717, 1.165) is 29.5 Å². The summed E-state index contributed by atoms with van der Waals surface area (Å²) in [7, 11) is -4.12. The van der Waals surface area contributed by atoms with E-state index < -0.39 is 27.8 Å². The molecule has 4 rings (SSSR count). The number of rotatable bonds is 4. The first-order valence-corrected chi connectivity index (χ1v) is 10.3. The lowest BCUT2D eigenvalue weighted by Crippen LogP contribution is -2.16. The van der Waals surface area contributed by atoms with Crippen LogP contribution in [-0.2, 0) is 16.2 Å². The second-order valence-corrected chi connectivity index (χ2v) is 8.07. The molecule has 2 aromatic carbocycles. The Morgan fingerprint density at radius 1 is 0.969 bits per heavy atom. The Labute approximate surface area is 178 Å². The lowest BCUT2D eigenvalue weighted by Gasteiger charge is -2.17. The molecule has 0 unspecified atom stereocenters. The minimum atomic E-state index is -4.91. The van der Waals surface area contributed by atoms with E-state index in [9.17, 15) is 26.0 Å². The third-order valence-electron chi connectivity index (χ3n) is 4.35. The van der Waals surface area contributed by atoms with Crippen molar-refractivity contribution in [3.63, 3.8) is 0 Å². The molecule has 2 N–H and O–H groups in total. The summed E-state index contributed by atoms with van der Waals surface area (Å²) in [6.07, 6.45) is -2.69. The summed E-state index contributed by atoms with van der Waals surface area (Å²) in [5.74, 6) is -2.38. The van der Waals surface area contributed by atoms with Gasteiger partial charge >= 0.3 is 6.18 Å². The number of aromatic nitrogens is 5. The Balaban J connectivity index is 2.12. The quantitative estimate of drug-likeness (QED) is 0.464. The van der Waals surface area contributed by atoms with Gasteiger partial charge in [-0.1, -0.05) is 12.1 Å². The Morgan fingerprint density at radius 2 is 1.69 bits per heavy atom. The van der Waals surface area contributed by atoms with Crippen LogP contribution in [0.3, 0.4) is 0 Å². The van der Waals surface area contributed by atoms with Gasteiger partial charge in [-0.15, -0.1) is 0 Å². The van der Waals surface area contributed by atoms with Crippen molar-refractivity contribution >= 4 is 10.0 Å². The standard InChI is InChI=1S/C19H12F4N6O2S/c20-13-6-4-11(5-7-13)16-15(12-2-1-3-14(8-12)32(24,30)31)17(29-10-25-9-26-29)28-18(27-16)19(21,22)23/h1-10H,(H2,24,30,31). The molecule has 0 aliphatic rings. The molecule has 0 amide bonds. The summed E-state index contributed by atoms with van der Waals surface area (Å²) in [5.41, 5.74) is 0.0803. The van der Waals surface area contributed by atoms with Crippen LogP contribution < -0.4 is 5.14 Å². The summed E-state index contributed by atoms with van der Waals surface area (Å²) in [5, 5.41) is 9.07. The fourth-order valence-electron chi connectivity index (χ4n) is 2.97. The Hall–Kier alpha value is -3.71. The van der Waals surface area contributed by atoms with Gasteiger partial charge in [-0.05, 0) is 42.0 Å². The van der Waals surface area contributed by atoms with Crippen LogP contribution in [0.5, 0.6) is 0 Å². The van der Waals surface area contributed by atoms with Crippen molar-refractivity contribution < 1.29 is 26.0 Å². The van der Waals surface area contributed by atoms with Gasteiger partial charge in [0, 0.05) is 5.56 Å². The Kier molecular flexibility index (Phi) is 5.22. The average molecular weight is 464 g/mol. The molecule has 2 heterocycles. The summed E-state index contributed by atoms with van der Waals surface area (Å²) < 4.78 is 78.9. The van der Waals surface area contributed by atoms with Crippen LogP contribution >= 0.6 is 0 Å². The average Bonchev–Trinajstić information content (AvgIpc) is 3.27. The summed E-state index contributed by atoms with van der Waals surface area (Å²) in [6, 6.07) is 9.84. The Bertz CT molecular complexity index is 1390. The number of nitrogens with two attached hydrogens (primary N) is 1. The van der Waals surface area contributed by atoms with E-state index >= 15 is 0 Å². The van der Waals surface area contributed by atoms with Crippen LogP contribution in [0.15, 0.2) is 66.1 Å². The molecule has 164 valence electrons. The number of primary sulfonamides is 1. The van der Waals surface area contributed by atoms with Crippen LogP contribution in [-0.4, -0.2) is 33.2 Å². The number of alkyl halides is 3. The summed E-state index contributed by atoms with van der Waals surface area (Å²) in [6.45, 7) is 0. The fourth-order valence-corrected chi connectivity index (χ4v) is 3.53. The lowest BCUT2D eigenvalue weighted by molar-refractivity contribution is -0.144. The van der Waals surface area contributed by atoms with Gasteiger partial charge in [0.25, 0.3) is 0 Å². The molecule has 0 atom stereocenters. The van der Waals surface area contributed by atoms with E-state index in [1.807, 2.05) is 0 Å². The van der Waals surface area contributed by atoms with Crippen LogP contribution in [0, 0.1) is 5.82 Å². The van der Waals surface area contributed by atoms with Gasteiger partial charge in [0.05, 0.1) is 16.2 Å². The zero-order valence-electron chi connectivity index (χ0n) is 15.8. The van der Waals surface area contributed by atoms with Gasteiger partial charge in [0.15, 0.2) is 5.82 Å². The number of nitrogens with zero attached hydrogens (tertiary/aromatic N) is 5. The first-order valence-electron chi connectivity index (χ1n) is 8.77. The first-order chi connectivity index (χ1) is 15.0. The van der Waals surface area contributed by atoms with Gasteiger partial charge < -0.3 is 0 Å². The van der Waals surface area contributed by atoms with E-state index in [1.54, 1.807) is 0 Å². The highest BCUT2D eigenvalue weighted by molar-refractivity contribution is 7.89. The molecule has 0 saturated carbocycles. The Morgan fingerprint density at radius 3 is 2.28 bits per heavy atom. The van der Waals surface area contributed by atoms with Gasteiger partial charge in [0.2, 0.25) is 15.8 Å². The van der Waals surface area contributed by atoms with Gasteiger partial charge in [-0.2, -0.15) is 18.3 Å². The monoisotopic (exact) mass is 464 g/mol. The highest BCUT2D eigenvalue weighted by atomic mass is 32.2. The SMILES string of the molecule is NS(=O)(=O)c1cccc(-c2c(-c3ccc(F)cc3)nc(C(F)(F)F)nc2-n2cncn2)c1. The van der Waals surface area contributed by atoms with Crippen molar-refractivity contribution in [2.75, 3.05) is 0 Å². The molecule has 0 fully saturated rings. The maximum Gasteiger partial charge on any atom is 0.451 e. The first kappa shape index (κ1) is 21.5. The minimum absolute atomic E-state index is 0.0145. The molecule has 0 spiro atoms. The minimum Gasteiger partial charge on any atom is -0.225 e. The molecule has 0 saturated heterocycles. The largest absolute Gasteiger partial charge is 0.451 e. The smallest absolute Gasteiger partial charge is 0.225 e. The van der Waals surface area contributed by atoms with Crippen molar-refractivity contribution in [2.45, 2.75) is 11.1 Å². The number of sulfonamides is 1. The molecular formula is C19H12F4N6O2S. The molecule has 2 aromatic heterocycles. The number of hydrogen-bond donors (Lipinski definition) is 1. The molecule has 0 aliphatic heterocycles.